The summed E-state index contributed by atoms with van der Waals surface area (Å²) in [6.45, 7) is 1.29. The average molecular weight is 431 g/mol. The van der Waals surface area contributed by atoms with E-state index in [9.17, 15) is 18.8 Å². The number of benzene rings is 1. The molecule has 3 aromatic rings. The maximum Gasteiger partial charge on any atom is 0.307 e. The van der Waals surface area contributed by atoms with Gasteiger partial charge in [-0.1, -0.05) is 12.1 Å². The maximum atomic E-state index is 14.1. The van der Waals surface area contributed by atoms with E-state index in [0.717, 1.165) is 16.2 Å². The molecule has 8 nitrogen and oxygen atoms in total. The monoisotopic (exact) mass is 431 g/mol. The van der Waals surface area contributed by atoms with Gasteiger partial charge in [-0.25, -0.2) is 9.37 Å². The largest absolute Gasteiger partial charge is 0.459 e. The van der Waals surface area contributed by atoms with E-state index in [4.69, 9.17) is 9.15 Å². The molecule has 2 aromatic heterocycles. The number of ether oxygens (including phenoxy) is 1. The molecule has 0 saturated carbocycles. The van der Waals surface area contributed by atoms with Crippen molar-refractivity contribution in [3.8, 4) is 0 Å². The predicted molar refractivity (Wildman–Crippen MR) is 107 cm³/mol. The van der Waals surface area contributed by atoms with Crippen LogP contribution in [0.15, 0.2) is 52.5 Å². The van der Waals surface area contributed by atoms with Crippen molar-refractivity contribution in [1.29, 1.82) is 0 Å². The Morgan fingerprint density at radius 2 is 2.03 bits per heavy atom. The summed E-state index contributed by atoms with van der Waals surface area (Å²) in [5, 5.41) is 4.43. The van der Waals surface area contributed by atoms with Crippen LogP contribution < -0.4 is 10.2 Å². The highest BCUT2D eigenvalue weighted by molar-refractivity contribution is 7.14. The van der Waals surface area contributed by atoms with Crippen molar-refractivity contribution in [1.82, 2.24) is 10.3 Å². The van der Waals surface area contributed by atoms with E-state index in [1.165, 1.54) is 37.5 Å². The van der Waals surface area contributed by atoms with Gasteiger partial charge in [-0.05, 0) is 24.3 Å². The Bertz CT molecular complexity index is 1030. The lowest BCUT2D eigenvalue weighted by atomic mass is 10.3. The number of thiazole rings is 1. The zero-order valence-corrected chi connectivity index (χ0v) is 16.8. The number of para-hydroxylation sites is 1. The fourth-order valence-electron chi connectivity index (χ4n) is 2.51. The molecule has 0 saturated heterocycles. The number of amides is 2. The number of aromatic nitrogens is 1. The molecule has 0 radical (unpaired) electrons. The number of carbonyl (C=O) groups is 3. The fraction of sp³-hybridized carbons (Fsp3) is 0.200. The first-order valence-electron chi connectivity index (χ1n) is 8.92. The SMILES string of the molecule is CC(=O)N(c1nc(COC(=O)CCNC(=O)c2ccco2)cs1)c1ccccc1F. The van der Waals surface area contributed by atoms with Gasteiger partial charge in [-0.15, -0.1) is 11.3 Å². The number of nitrogens with one attached hydrogen (secondary N) is 1. The molecular weight excluding hydrogens is 413 g/mol. The van der Waals surface area contributed by atoms with Crippen LogP contribution in [0.2, 0.25) is 0 Å². The van der Waals surface area contributed by atoms with Crippen molar-refractivity contribution >= 4 is 39.9 Å². The second kappa shape index (κ2) is 9.79. The third-order valence-electron chi connectivity index (χ3n) is 3.88. The van der Waals surface area contributed by atoms with Gasteiger partial charge in [0, 0.05) is 18.8 Å². The molecule has 1 aromatic carbocycles. The third kappa shape index (κ3) is 5.29. The Morgan fingerprint density at radius 3 is 2.73 bits per heavy atom. The smallest absolute Gasteiger partial charge is 0.307 e. The molecule has 0 unspecified atom stereocenters. The van der Waals surface area contributed by atoms with Crippen LogP contribution in [0.5, 0.6) is 0 Å². The molecule has 0 aliphatic heterocycles. The summed E-state index contributed by atoms with van der Waals surface area (Å²) < 4.78 is 24.2. The van der Waals surface area contributed by atoms with Crippen molar-refractivity contribution in [2.75, 3.05) is 11.4 Å². The van der Waals surface area contributed by atoms with E-state index in [0.29, 0.717) is 5.69 Å². The quantitative estimate of drug-likeness (QED) is 0.549. The van der Waals surface area contributed by atoms with Crippen molar-refractivity contribution < 1.29 is 27.9 Å². The Kier molecular flexibility index (Phi) is 6.91. The van der Waals surface area contributed by atoms with Crippen molar-refractivity contribution in [2.24, 2.45) is 0 Å². The van der Waals surface area contributed by atoms with E-state index in [2.05, 4.69) is 10.3 Å². The molecule has 0 bridgehead atoms. The number of nitrogens with zero attached hydrogens (tertiary/aromatic N) is 2. The molecular formula is C20H18FN3O5S. The first-order valence-corrected chi connectivity index (χ1v) is 9.80. The lowest BCUT2D eigenvalue weighted by Crippen LogP contribution is -2.26. The minimum Gasteiger partial charge on any atom is -0.459 e. The van der Waals surface area contributed by atoms with Gasteiger partial charge in [0.1, 0.15) is 12.4 Å². The molecule has 0 fully saturated rings. The molecule has 3 rings (SSSR count). The highest BCUT2D eigenvalue weighted by atomic mass is 32.1. The van der Waals surface area contributed by atoms with Crippen molar-refractivity contribution in [2.45, 2.75) is 20.0 Å². The molecule has 0 spiro atoms. The van der Waals surface area contributed by atoms with E-state index in [1.54, 1.807) is 17.5 Å². The molecule has 2 amide bonds. The molecule has 0 atom stereocenters. The summed E-state index contributed by atoms with van der Waals surface area (Å²) in [7, 11) is 0. The van der Waals surface area contributed by atoms with Gasteiger partial charge in [-0.2, -0.15) is 0 Å². The summed E-state index contributed by atoms with van der Waals surface area (Å²) >= 11 is 1.13. The summed E-state index contributed by atoms with van der Waals surface area (Å²) in [6.07, 6.45) is 1.35. The first kappa shape index (κ1) is 21.2. The number of halogens is 1. The van der Waals surface area contributed by atoms with Crippen LogP contribution >= 0.6 is 11.3 Å². The van der Waals surface area contributed by atoms with Crippen LogP contribution in [0.3, 0.4) is 0 Å². The highest BCUT2D eigenvalue weighted by Crippen LogP contribution is 2.30. The number of rotatable bonds is 8. The number of hydrogen-bond acceptors (Lipinski definition) is 7. The van der Waals surface area contributed by atoms with Gasteiger partial charge < -0.3 is 14.5 Å². The number of furan rings is 1. The topological polar surface area (TPSA) is 102 Å². The van der Waals surface area contributed by atoms with Gasteiger partial charge in [0.2, 0.25) is 5.91 Å². The Hall–Kier alpha value is -3.53. The molecule has 2 heterocycles. The van der Waals surface area contributed by atoms with E-state index < -0.39 is 23.6 Å². The molecule has 0 aliphatic rings. The third-order valence-corrected chi connectivity index (χ3v) is 4.75. The Morgan fingerprint density at radius 1 is 1.23 bits per heavy atom. The first-order chi connectivity index (χ1) is 14.5. The number of anilines is 2. The van der Waals surface area contributed by atoms with Crippen molar-refractivity contribution in [3.63, 3.8) is 0 Å². The summed E-state index contributed by atoms with van der Waals surface area (Å²) in [5.74, 6) is -1.74. The van der Waals surface area contributed by atoms with E-state index >= 15 is 0 Å². The van der Waals surface area contributed by atoms with Gasteiger partial charge in [0.25, 0.3) is 5.91 Å². The number of hydrogen-bond donors (Lipinski definition) is 1. The molecule has 156 valence electrons. The van der Waals surface area contributed by atoms with Crippen LogP contribution in [0.25, 0.3) is 0 Å². The minimum atomic E-state index is -0.549. The Labute approximate surface area is 175 Å². The van der Waals surface area contributed by atoms with Gasteiger partial charge in [0.15, 0.2) is 10.9 Å². The average Bonchev–Trinajstić information content (AvgIpc) is 3.40. The molecule has 30 heavy (non-hydrogen) atoms. The molecule has 0 aliphatic carbocycles. The fourth-order valence-corrected chi connectivity index (χ4v) is 3.37. The van der Waals surface area contributed by atoms with E-state index in [1.807, 2.05) is 0 Å². The number of esters is 1. The van der Waals surface area contributed by atoms with Crippen LogP contribution in [0, 0.1) is 5.82 Å². The molecule has 10 heteroatoms. The van der Waals surface area contributed by atoms with Gasteiger partial charge in [0.05, 0.1) is 24.1 Å². The second-order valence-electron chi connectivity index (χ2n) is 6.07. The van der Waals surface area contributed by atoms with Crippen LogP contribution in [-0.4, -0.2) is 29.3 Å². The summed E-state index contributed by atoms with van der Waals surface area (Å²) in [5.41, 5.74) is 0.515. The van der Waals surface area contributed by atoms with Crippen LogP contribution in [-0.2, 0) is 20.9 Å². The van der Waals surface area contributed by atoms with Crippen LogP contribution in [0.4, 0.5) is 15.2 Å². The zero-order valence-electron chi connectivity index (χ0n) is 16.0. The van der Waals surface area contributed by atoms with Gasteiger partial charge in [-0.3, -0.25) is 19.3 Å². The Balaban J connectivity index is 1.52. The second-order valence-corrected chi connectivity index (χ2v) is 6.91. The zero-order chi connectivity index (χ0) is 21.5. The lowest BCUT2D eigenvalue weighted by molar-refractivity contribution is -0.144. The maximum absolute atomic E-state index is 14.1. The summed E-state index contributed by atoms with van der Waals surface area (Å²) in [4.78, 5) is 41.0. The minimum absolute atomic E-state index is 0.0295. The number of carbonyl (C=O) groups excluding carboxylic acids is 3. The lowest BCUT2D eigenvalue weighted by Gasteiger charge is -2.18. The standard InChI is InChI=1S/C20H18FN3O5S/c1-13(25)24(16-6-3-2-5-15(16)21)20-23-14(12-30-20)11-29-18(26)8-9-22-19(27)17-7-4-10-28-17/h2-7,10,12H,8-9,11H2,1H3,(H,22,27). The predicted octanol–water partition coefficient (Wildman–Crippen LogP) is 3.42. The highest BCUT2D eigenvalue weighted by Gasteiger charge is 2.21. The van der Waals surface area contributed by atoms with E-state index in [-0.39, 0.29) is 36.2 Å². The van der Waals surface area contributed by atoms with Crippen molar-refractivity contribution in [3.05, 3.63) is 65.3 Å². The normalized spacial score (nSPS) is 10.5. The summed E-state index contributed by atoms with van der Waals surface area (Å²) in [6, 6.07) is 8.99. The molecule has 1 N–H and O–H groups in total. The van der Waals surface area contributed by atoms with Gasteiger partial charge >= 0.3 is 5.97 Å². The van der Waals surface area contributed by atoms with Crippen LogP contribution in [0.1, 0.15) is 29.6 Å².